The molecule has 3 aromatic rings. The standard InChI is InChI=1S/C17H14N4O/c1-12-2-7-16-20-15(8-17(22)21(16)11-12)10-19-14-5-3-13(9-18)4-6-14/h2-8,11,19H,10H2,1H3. The summed E-state index contributed by atoms with van der Waals surface area (Å²) in [6.45, 7) is 2.39. The number of aromatic nitrogens is 2. The van der Waals surface area contributed by atoms with Gasteiger partial charge in [0.1, 0.15) is 5.65 Å². The van der Waals surface area contributed by atoms with Crippen LogP contribution in [0.2, 0.25) is 0 Å². The lowest BCUT2D eigenvalue weighted by Gasteiger charge is -2.07. The van der Waals surface area contributed by atoms with Crippen LogP contribution in [0.15, 0.2) is 53.5 Å². The molecule has 0 atom stereocenters. The third-order valence-corrected chi connectivity index (χ3v) is 3.35. The molecular formula is C17H14N4O. The molecule has 1 N–H and O–H groups in total. The minimum atomic E-state index is -0.0923. The van der Waals surface area contributed by atoms with Gasteiger partial charge in [-0.2, -0.15) is 5.26 Å². The lowest BCUT2D eigenvalue weighted by molar-refractivity contribution is 0.965. The van der Waals surface area contributed by atoms with Gasteiger partial charge < -0.3 is 5.32 Å². The first-order chi connectivity index (χ1) is 10.7. The summed E-state index contributed by atoms with van der Waals surface area (Å²) in [6, 6.07) is 14.5. The van der Waals surface area contributed by atoms with Crippen LogP contribution in [-0.2, 0) is 6.54 Å². The summed E-state index contributed by atoms with van der Waals surface area (Å²) in [5.41, 5.74) is 3.73. The van der Waals surface area contributed by atoms with Gasteiger partial charge in [0.15, 0.2) is 0 Å². The molecule has 108 valence electrons. The van der Waals surface area contributed by atoms with Gasteiger partial charge in [-0.05, 0) is 42.8 Å². The van der Waals surface area contributed by atoms with Gasteiger partial charge >= 0.3 is 0 Å². The maximum Gasteiger partial charge on any atom is 0.258 e. The number of fused-ring (bicyclic) bond motifs is 1. The highest BCUT2D eigenvalue weighted by atomic mass is 16.1. The number of anilines is 1. The Hall–Kier alpha value is -3.13. The maximum atomic E-state index is 12.1. The molecule has 0 amide bonds. The van der Waals surface area contributed by atoms with Crippen LogP contribution in [0.25, 0.3) is 5.65 Å². The Bertz CT molecular complexity index is 920. The molecule has 0 bridgehead atoms. The van der Waals surface area contributed by atoms with E-state index in [9.17, 15) is 4.79 Å². The fourth-order valence-electron chi connectivity index (χ4n) is 2.20. The van der Waals surface area contributed by atoms with E-state index in [2.05, 4.69) is 16.4 Å². The number of nitrogens with one attached hydrogen (secondary N) is 1. The Morgan fingerprint density at radius 3 is 2.73 bits per heavy atom. The molecule has 0 radical (unpaired) electrons. The summed E-state index contributed by atoms with van der Waals surface area (Å²) in [4.78, 5) is 16.6. The van der Waals surface area contributed by atoms with Crippen molar-refractivity contribution in [2.24, 2.45) is 0 Å². The third-order valence-electron chi connectivity index (χ3n) is 3.35. The molecule has 1 aromatic carbocycles. The molecule has 2 aromatic heterocycles. The van der Waals surface area contributed by atoms with Crippen LogP contribution in [0.4, 0.5) is 5.69 Å². The highest BCUT2D eigenvalue weighted by molar-refractivity contribution is 5.47. The highest BCUT2D eigenvalue weighted by Crippen LogP contribution is 2.10. The summed E-state index contributed by atoms with van der Waals surface area (Å²) in [6.07, 6.45) is 1.78. The van der Waals surface area contributed by atoms with E-state index in [0.29, 0.717) is 23.4 Å². The smallest absolute Gasteiger partial charge is 0.258 e. The van der Waals surface area contributed by atoms with Gasteiger partial charge in [-0.3, -0.25) is 9.20 Å². The van der Waals surface area contributed by atoms with Crippen molar-refractivity contribution < 1.29 is 0 Å². The number of nitrogens with zero attached hydrogens (tertiary/aromatic N) is 3. The number of pyridine rings is 1. The minimum absolute atomic E-state index is 0.0923. The molecule has 0 aliphatic heterocycles. The summed E-state index contributed by atoms with van der Waals surface area (Å²) >= 11 is 0. The Labute approximate surface area is 127 Å². The normalized spacial score (nSPS) is 10.4. The fraction of sp³-hybridized carbons (Fsp3) is 0.118. The first-order valence-corrected chi connectivity index (χ1v) is 6.89. The van der Waals surface area contributed by atoms with Crippen LogP contribution in [0, 0.1) is 18.3 Å². The van der Waals surface area contributed by atoms with Crippen molar-refractivity contribution in [3.05, 3.63) is 75.8 Å². The largest absolute Gasteiger partial charge is 0.379 e. The Morgan fingerprint density at radius 1 is 1.23 bits per heavy atom. The average molecular weight is 290 g/mol. The Kier molecular flexibility index (Phi) is 3.58. The summed E-state index contributed by atoms with van der Waals surface area (Å²) in [5, 5.41) is 12.0. The minimum Gasteiger partial charge on any atom is -0.379 e. The van der Waals surface area contributed by atoms with E-state index in [1.807, 2.05) is 31.2 Å². The molecule has 0 saturated heterocycles. The number of benzene rings is 1. The zero-order valence-corrected chi connectivity index (χ0v) is 12.1. The topological polar surface area (TPSA) is 70.2 Å². The van der Waals surface area contributed by atoms with Gasteiger partial charge in [0, 0.05) is 18.0 Å². The highest BCUT2D eigenvalue weighted by Gasteiger charge is 2.03. The first-order valence-electron chi connectivity index (χ1n) is 6.89. The molecule has 2 heterocycles. The van der Waals surface area contributed by atoms with Crippen LogP contribution < -0.4 is 10.9 Å². The van der Waals surface area contributed by atoms with Gasteiger partial charge in [0.05, 0.1) is 23.9 Å². The second kappa shape index (κ2) is 5.70. The van der Waals surface area contributed by atoms with Crippen LogP contribution in [-0.4, -0.2) is 9.38 Å². The first kappa shape index (κ1) is 13.8. The van der Waals surface area contributed by atoms with Gasteiger partial charge in [-0.1, -0.05) is 6.07 Å². The van der Waals surface area contributed by atoms with Crippen molar-refractivity contribution in [1.82, 2.24) is 9.38 Å². The predicted octanol–water partition coefficient (Wildman–Crippen LogP) is 2.49. The molecular weight excluding hydrogens is 276 g/mol. The number of nitriles is 1. The average Bonchev–Trinajstić information content (AvgIpc) is 2.54. The molecule has 0 spiro atoms. The molecule has 0 aliphatic rings. The molecule has 0 fully saturated rings. The van der Waals surface area contributed by atoms with Crippen molar-refractivity contribution in [2.75, 3.05) is 5.32 Å². The summed E-state index contributed by atoms with van der Waals surface area (Å²) in [7, 11) is 0. The van der Waals surface area contributed by atoms with Crippen molar-refractivity contribution in [3.8, 4) is 6.07 Å². The zero-order chi connectivity index (χ0) is 15.5. The lowest BCUT2D eigenvalue weighted by atomic mass is 10.2. The fourth-order valence-corrected chi connectivity index (χ4v) is 2.20. The van der Waals surface area contributed by atoms with Gasteiger partial charge in [-0.25, -0.2) is 4.98 Å². The van der Waals surface area contributed by atoms with Crippen LogP contribution in [0.5, 0.6) is 0 Å². The quantitative estimate of drug-likeness (QED) is 0.804. The second-order valence-electron chi connectivity index (χ2n) is 5.06. The second-order valence-corrected chi connectivity index (χ2v) is 5.06. The van der Waals surface area contributed by atoms with E-state index >= 15 is 0 Å². The van der Waals surface area contributed by atoms with Gasteiger partial charge in [0.2, 0.25) is 0 Å². The molecule has 5 heteroatoms. The Balaban J connectivity index is 1.83. The van der Waals surface area contributed by atoms with E-state index in [0.717, 1.165) is 11.3 Å². The van der Waals surface area contributed by atoms with E-state index < -0.39 is 0 Å². The Morgan fingerprint density at radius 2 is 2.00 bits per heavy atom. The van der Waals surface area contributed by atoms with E-state index in [1.165, 1.54) is 6.07 Å². The molecule has 3 rings (SSSR count). The molecule has 22 heavy (non-hydrogen) atoms. The zero-order valence-electron chi connectivity index (χ0n) is 12.1. The van der Waals surface area contributed by atoms with Gasteiger partial charge in [-0.15, -0.1) is 0 Å². The van der Waals surface area contributed by atoms with E-state index in [-0.39, 0.29) is 5.56 Å². The summed E-state index contributed by atoms with van der Waals surface area (Å²) < 4.78 is 1.54. The van der Waals surface area contributed by atoms with Crippen molar-refractivity contribution in [3.63, 3.8) is 0 Å². The van der Waals surface area contributed by atoms with Crippen LogP contribution in [0.3, 0.4) is 0 Å². The number of hydrogen-bond acceptors (Lipinski definition) is 4. The SMILES string of the molecule is Cc1ccc2nc(CNc3ccc(C#N)cc3)cc(=O)n2c1. The molecule has 0 unspecified atom stereocenters. The molecule has 0 saturated carbocycles. The van der Waals surface area contributed by atoms with Crippen LogP contribution >= 0.6 is 0 Å². The lowest BCUT2D eigenvalue weighted by Crippen LogP contribution is -2.17. The predicted molar refractivity (Wildman–Crippen MR) is 84.7 cm³/mol. The number of aryl methyl sites for hydroxylation is 1. The van der Waals surface area contributed by atoms with Gasteiger partial charge in [0.25, 0.3) is 5.56 Å². The maximum absolute atomic E-state index is 12.1. The van der Waals surface area contributed by atoms with Crippen LogP contribution in [0.1, 0.15) is 16.8 Å². The van der Waals surface area contributed by atoms with Crippen molar-refractivity contribution in [1.29, 1.82) is 5.26 Å². The van der Waals surface area contributed by atoms with Crippen molar-refractivity contribution in [2.45, 2.75) is 13.5 Å². The monoisotopic (exact) mass is 290 g/mol. The molecule has 5 nitrogen and oxygen atoms in total. The number of rotatable bonds is 3. The summed E-state index contributed by atoms with van der Waals surface area (Å²) in [5.74, 6) is 0. The van der Waals surface area contributed by atoms with E-state index in [4.69, 9.17) is 5.26 Å². The van der Waals surface area contributed by atoms with E-state index in [1.54, 1.807) is 22.7 Å². The number of hydrogen-bond donors (Lipinski definition) is 1. The molecule has 0 aliphatic carbocycles. The van der Waals surface area contributed by atoms with Crippen molar-refractivity contribution >= 4 is 11.3 Å². The third kappa shape index (κ3) is 2.81.